The maximum atomic E-state index is 13.1. The Labute approximate surface area is 151 Å². The van der Waals surface area contributed by atoms with Gasteiger partial charge in [0.05, 0.1) is 23.4 Å². The summed E-state index contributed by atoms with van der Waals surface area (Å²) < 4.78 is 8.73. The smallest absolute Gasteiger partial charge is 0.270 e. The quantitative estimate of drug-likeness (QED) is 0.716. The first-order valence-corrected chi connectivity index (χ1v) is 9.46. The summed E-state index contributed by atoms with van der Waals surface area (Å²) in [5.41, 5.74) is 4.39. The molecule has 3 aromatic rings. The zero-order valence-corrected chi connectivity index (χ0v) is 15.4. The molecule has 0 spiro atoms. The molecule has 0 atom stereocenters. The number of rotatable bonds is 3. The van der Waals surface area contributed by atoms with Crippen LogP contribution in [0.5, 0.6) is 0 Å². The van der Waals surface area contributed by atoms with Crippen LogP contribution >= 0.6 is 11.3 Å². The number of thiophene rings is 1. The van der Waals surface area contributed by atoms with Crippen LogP contribution < -0.4 is 0 Å². The SMILES string of the molecule is Cc1ccc(Cn2c(C(=O)N3CCOCC3)cc3sc(C)cc32)cc1. The van der Waals surface area contributed by atoms with E-state index in [2.05, 4.69) is 54.8 Å². The third-order valence-electron chi connectivity index (χ3n) is 4.69. The zero-order chi connectivity index (χ0) is 17.4. The largest absolute Gasteiger partial charge is 0.378 e. The lowest BCUT2D eigenvalue weighted by atomic mass is 10.1. The van der Waals surface area contributed by atoms with Crippen molar-refractivity contribution >= 4 is 27.5 Å². The molecule has 0 radical (unpaired) electrons. The monoisotopic (exact) mass is 354 g/mol. The number of fused-ring (bicyclic) bond motifs is 1. The first-order valence-electron chi connectivity index (χ1n) is 8.64. The van der Waals surface area contributed by atoms with Gasteiger partial charge in [-0.25, -0.2) is 0 Å². The number of amides is 1. The van der Waals surface area contributed by atoms with E-state index in [4.69, 9.17) is 4.74 Å². The number of hydrogen-bond donors (Lipinski definition) is 0. The van der Waals surface area contributed by atoms with Crippen molar-refractivity contribution in [3.8, 4) is 0 Å². The summed E-state index contributed by atoms with van der Waals surface area (Å²) >= 11 is 1.75. The summed E-state index contributed by atoms with van der Waals surface area (Å²) in [5.74, 6) is 0.108. The van der Waals surface area contributed by atoms with Crippen molar-refractivity contribution in [1.29, 1.82) is 0 Å². The number of benzene rings is 1. The molecule has 0 unspecified atom stereocenters. The van der Waals surface area contributed by atoms with Gasteiger partial charge in [0.15, 0.2) is 0 Å². The molecule has 3 heterocycles. The number of carbonyl (C=O) groups is 1. The topological polar surface area (TPSA) is 34.5 Å². The number of ether oxygens (including phenoxy) is 1. The molecule has 1 saturated heterocycles. The molecule has 1 aliphatic heterocycles. The second kappa shape index (κ2) is 6.65. The van der Waals surface area contributed by atoms with Gasteiger partial charge in [-0.05, 0) is 31.5 Å². The van der Waals surface area contributed by atoms with Gasteiger partial charge < -0.3 is 14.2 Å². The van der Waals surface area contributed by atoms with E-state index < -0.39 is 0 Å². The lowest BCUT2D eigenvalue weighted by molar-refractivity contribution is 0.0296. The van der Waals surface area contributed by atoms with Crippen molar-refractivity contribution in [3.05, 3.63) is 58.1 Å². The second-order valence-electron chi connectivity index (χ2n) is 6.61. The molecule has 130 valence electrons. The molecule has 0 aliphatic carbocycles. The predicted octanol–water partition coefficient (Wildman–Crippen LogP) is 3.84. The second-order valence-corrected chi connectivity index (χ2v) is 7.90. The Morgan fingerprint density at radius 2 is 1.84 bits per heavy atom. The third kappa shape index (κ3) is 3.22. The summed E-state index contributed by atoms with van der Waals surface area (Å²) in [5, 5.41) is 0. The molecule has 1 aliphatic rings. The van der Waals surface area contributed by atoms with Crippen LogP contribution in [0.15, 0.2) is 36.4 Å². The molecule has 4 nitrogen and oxygen atoms in total. The minimum atomic E-state index is 0.108. The van der Waals surface area contributed by atoms with Gasteiger partial charge in [0, 0.05) is 24.5 Å². The van der Waals surface area contributed by atoms with E-state index in [1.807, 2.05) is 4.90 Å². The number of carbonyl (C=O) groups excluding carboxylic acids is 1. The van der Waals surface area contributed by atoms with E-state index in [1.165, 1.54) is 20.7 Å². The molecule has 0 saturated carbocycles. The Morgan fingerprint density at radius 3 is 2.56 bits per heavy atom. The standard InChI is InChI=1S/C20H22N2O2S/c1-14-3-5-16(6-4-14)13-22-17-11-15(2)25-19(17)12-18(22)20(23)21-7-9-24-10-8-21/h3-6,11-12H,7-10,13H2,1-2H3. The minimum absolute atomic E-state index is 0.108. The molecular weight excluding hydrogens is 332 g/mol. The number of aryl methyl sites for hydroxylation is 2. The molecule has 25 heavy (non-hydrogen) atoms. The maximum absolute atomic E-state index is 13.1. The van der Waals surface area contributed by atoms with Gasteiger partial charge in [0.1, 0.15) is 5.69 Å². The first kappa shape index (κ1) is 16.4. The van der Waals surface area contributed by atoms with Crippen molar-refractivity contribution in [1.82, 2.24) is 9.47 Å². The van der Waals surface area contributed by atoms with Crippen LogP contribution in [0.1, 0.15) is 26.5 Å². The van der Waals surface area contributed by atoms with Crippen molar-refractivity contribution in [2.45, 2.75) is 20.4 Å². The Bertz CT molecular complexity index is 902. The molecule has 4 rings (SSSR count). The molecule has 2 aromatic heterocycles. The minimum Gasteiger partial charge on any atom is -0.378 e. The number of morpholine rings is 1. The molecule has 0 bridgehead atoms. The van der Waals surface area contributed by atoms with Gasteiger partial charge in [-0.3, -0.25) is 4.79 Å². The van der Waals surface area contributed by atoms with Gasteiger partial charge in [0.2, 0.25) is 0 Å². The van der Waals surface area contributed by atoms with Crippen LogP contribution in [-0.4, -0.2) is 41.7 Å². The molecule has 0 N–H and O–H groups in total. The fraction of sp³-hybridized carbons (Fsp3) is 0.350. The van der Waals surface area contributed by atoms with Crippen LogP contribution in [0.4, 0.5) is 0 Å². The highest BCUT2D eigenvalue weighted by Gasteiger charge is 2.24. The van der Waals surface area contributed by atoms with E-state index in [-0.39, 0.29) is 5.91 Å². The summed E-state index contributed by atoms with van der Waals surface area (Å²) in [6.07, 6.45) is 0. The van der Waals surface area contributed by atoms with E-state index in [9.17, 15) is 4.79 Å². The molecule has 1 fully saturated rings. The maximum Gasteiger partial charge on any atom is 0.270 e. The first-order chi connectivity index (χ1) is 12.1. The van der Waals surface area contributed by atoms with Crippen LogP contribution in [-0.2, 0) is 11.3 Å². The highest BCUT2D eigenvalue weighted by atomic mass is 32.1. The van der Waals surface area contributed by atoms with Gasteiger partial charge >= 0.3 is 0 Å². The molecule has 5 heteroatoms. The molecule has 1 amide bonds. The Morgan fingerprint density at radius 1 is 1.12 bits per heavy atom. The van der Waals surface area contributed by atoms with Crippen LogP contribution in [0.25, 0.3) is 10.2 Å². The summed E-state index contributed by atoms with van der Waals surface area (Å²) in [4.78, 5) is 16.2. The van der Waals surface area contributed by atoms with Crippen molar-refractivity contribution < 1.29 is 9.53 Å². The van der Waals surface area contributed by atoms with E-state index in [0.29, 0.717) is 32.8 Å². The van der Waals surface area contributed by atoms with Crippen molar-refractivity contribution in [2.24, 2.45) is 0 Å². The Hall–Kier alpha value is -2.11. The summed E-state index contributed by atoms with van der Waals surface area (Å²) in [7, 11) is 0. The normalized spacial score (nSPS) is 15.0. The van der Waals surface area contributed by atoms with Crippen molar-refractivity contribution in [3.63, 3.8) is 0 Å². The fourth-order valence-corrected chi connectivity index (χ4v) is 4.28. The van der Waals surface area contributed by atoms with Gasteiger partial charge in [-0.2, -0.15) is 0 Å². The average Bonchev–Trinajstić information content (AvgIpc) is 3.14. The highest BCUT2D eigenvalue weighted by molar-refractivity contribution is 7.19. The van der Waals surface area contributed by atoms with Crippen molar-refractivity contribution in [2.75, 3.05) is 26.3 Å². The zero-order valence-electron chi connectivity index (χ0n) is 14.6. The third-order valence-corrected chi connectivity index (χ3v) is 5.68. The average molecular weight is 354 g/mol. The van der Waals surface area contributed by atoms with Gasteiger partial charge in [-0.1, -0.05) is 29.8 Å². The van der Waals surface area contributed by atoms with E-state index in [0.717, 1.165) is 11.2 Å². The van der Waals surface area contributed by atoms with E-state index in [1.54, 1.807) is 11.3 Å². The fourth-order valence-electron chi connectivity index (χ4n) is 3.32. The lowest BCUT2D eigenvalue weighted by Crippen LogP contribution is -2.41. The highest BCUT2D eigenvalue weighted by Crippen LogP contribution is 2.30. The van der Waals surface area contributed by atoms with E-state index >= 15 is 0 Å². The number of aromatic nitrogens is 1. The summed E-state index contributed by atoms with van der Waals surface area (Å²) in [6, 6.07) is 12.8. The number of hydrogen-bond acceptors (Lipinski definition) is 3. The Kier molecular flexibility index (Phi) is 4.36. The van der Waals surface area contributed by atoms with Crippen LogP contribution in [0.2, 0.25) is 0 Å². The summed E-state index contributed by atoms with van der Waals surface area (Å²) in [6.45, 7) is 7.50. The molecule has 1 aromatic carbocycles. The van der Waals surface area contributed by atoms with Gasteiger partial charge in [-0.15, -0.1) is 11.3 Å². The predicted molar refractivity (Wildman–Crippen MR) is 102 cm³/mol. The Balaban J connectivity index is 1.73. The van der Waals surface area contributed by atoms with Gasteiger partial charge in [0.25, 0.3) is 5.91 Å². The van der Waals surface area contributed by atoms with Crippen LogP contribution in [0.3, 0.4) is 0 Å². The lowest BCUT2D eigenvalue weighted by Gasteiger charge is -2.27. The number of nitrogens with zero attached hydrogens (tertiary/aromatic N) is 2. The molecular formula is C20H22N2O2S. The van der Waals surface area contributed by atoms with Crippen LogP contribution in [0, 0.1) is 13.8 Å².